The zero-order valence-electron chi connectivity index (χ0n) is 12.1. The Morgan fingerprint density at radius 2 is 2.10 bits per heavy atom. The maximum atomic E-state index is 12.0. The van der Waals surface area contributed by atoms with E-state index in [1.54, 1.807) is 12.1 Å². The Bertz CT molecular complexity index is 520. The molecule has 0 aliphatic heterocycles. The van der Waals surface area contributed by atoms with Crippen LogP contribution in [0, 0.1) is 12.8 Å². The van der Waals surface area contributed by atoms with E-state index in [-0.39, 0.29) is 11.8 Å². The van der Waals surface area contributed by atoms with Crippen LogP contribution in [0.5, 0.6) is 0 Å². The highest BCUT2D eigenvalue weighted by atomic mass is 16.4. The summed E-state index contributed by atoms with van der Waals surface area (Å²) < 4.78 is 0. The molecule has 0 fully saturated rings. The van der Waals surface area contributed by atoms with Gasteiger partial charge in [-0.15, -0.1) is 0 Å². The molecule has 1 amide bonds. The maximum Gasteiger partial charge on any atom is 0.328 e. The first kappa shape index (κ1) is 16.0. The molecule has 1 unspecified atom stereocenters. The third kappa shape index (κ3) is 4.88. The fourth-order valence-electron chi connectivity index (χ4n) is 1.92. The first-order valence-electron chi connectivity index (χ1n) is 6.76. The molecule has 20 heavy (non-hydrogen) atoms. The molecule has 4 nitrogen and oxygen atoms in total. The number of carboxylic acids is 1. The van der Waals surface area contributed by atoms with Gasteiger partial charge in [0.05, 0.1) is 0 Å². The quantitative estimate of drug-likeness (QED) is 0.781. The van der Waals surface area contributed by atoms with Gasteiger partial charge in [-0.1, -0.05) is 26.3 Å². The predicted octanol–water partition coefficient (Wildman–Crippen LogP) is 3.47. The Hall–Kier alpha value is -2.10. The minimum Gasteiger partial charge on any atom is -0.478 e. The smallest absolute Gasteiger partial charge is 0.328 e. The number of carbonyl (C=O) groups is 2. The van der Waals surface area contributed by atoms with Crippen molar-refractivity contribution in [2.24, 2.45) is 5.92 Å². The molecule has 4 heteroatoms. The summed E-state index contributed by atoms with van der Waals surface area (Å²) in [6.07, 6.45) is 4.47. The second kappa shape index (κ2) is 7.48. The molecule has 108 valence electrons. The van der Waals surface area contributed by atoms with E-state index in [1.807, 2.05) is 19.9 Å². The highest BCUT2D eigenvalue weighted by Crippen LogP contribution is 2.19. The number of benzene rings is 1. The highest BCUT2D eigenvalue weighted by Gasteiger charge is 2.12. The van der Waals surface area contributed by atoms with Crippen LogP contribution >= 0.6 is 0 Å². The van der Waals surface area contributed by atoms with Gasteiger partial charge in [0, 0.05) is 17.7 Å². The minimum atomic E-state index is -0.978. The predicted molar refractivity (Wildman–Crippen MR) is 80.6 cm³/mol. The van der Waals surface area contributed by atoms with Crippen LogP contribution in [-0.4, -0.2) is 17.0 Å². The number of carbonyl (C=O) groups excluding carboxylic acids is 1. The molecule has 0 aliphatic rings. The fourth-order valence-corrected chi connectivity index (χ4v) is 1.92. The van der Waals surface area contributed by atoms with Crippen LogP contribution in [0.25, 0.3) is 6.08 Å². The van der Waals surface area contributed by atoms with Gasteiger partial charge in [-0.25, -0.2) is 4.79 Å². The van der Waals surface area contributed by atoms with Gasteiger partial charge < -0.3 is 10.4 Å². The summed E-state index contributed by atoms with van der Waals surface area (Å²) in [5, 5.41) is 11.5. The SMILES string of the molecule is CCCC(C)C(=O)Nc1ccc(C=CC(=O)O)cc1C. The van der Waals surface area contributed by atoms with E-state index in [4.69, 9.17) is 5.11 Å². The number of amides is 1. The van der Waals surface area contributed by atoms with Crippen molar-refractivity contribution in [2.75, 3.05) is 5.32 Å². The second-order valence-electron chi connectivity index (χ2n) is 4.92. The van der Waals surface area contributed by atoms with Gasteiger partial charge in [0.1, 0.15) is 0 Å². The van der Waals surface area contributed by atoms with Gasteiger partial charge in [-0.3, -0.25) is 4.79 Å². The largest absolute Gasteiger partial charge is 0.478 e. The van der Waals surface area contributed by atoms with Crippen molar-refractivity contribution < 1.29 is 14.7 Å². The molecule has 1 aromatic rings. The van der Waals surface area contributed by atoms with Crippen molar-refractivity contribution in [3.63, 3.8) is 0 Å². The van der Waals surface area contributed by atoms with Gasteiger partial charge in [-0.05, 0) is 42.7 Å². The molecule has 2 N–H and O–H groups in total. The summed E-state index contributed by atoms with van der Waals surface area (Å²) in [6, 6.07) is 5.43. The molecule has 0 radical (unpaired) electrons. The maximum absolute atomic E-state index is 12.0. The van der Waals surface area contributed by atoms with Gasteiger partial charge >= 0.3 is 5.97 Å². The van der Waals surface area contributed by atoms with Crippen LogP contribution in [0.2, 0.25) is 0 Å². The van der Waals surface area contributed by atoms with E-state index in [9.17, 15) is 9.59 Å². The van der Waals surface area contributed by atoms with Crippen molar-refractivity contribution in [3.05, 3.63) is 35.4 Å². The van der Waals surface area contributed by atoms with Crippen LogP contribution in [0.1, 0.15) is 37.8 Å². The molecular formula is C16H21NO3. The lowest BCUT2D eigenvalue weighted by Crippen LogP contribution is -2.20. The molecule has 0 heterocycles. The fraction of sp³-hybridized carbons (Fsp3) is 0.375. The van der Waals surface area contributed by atoms with Crippen molar-refractivity contribution in [3.8, 4) is 0 Å². The van der Waals surface area contributed by atoms with Crippen LogP contribution in [-0.2, 0) is 9.59 Å². The van der Waals surface area contributed by atoms with Gasteiger partial charge in [0.2, 0.25) is 5.91 Å². The number of hydrogen-bond donors (Lipinski definition) is 2. The lowest BCUT2D eigenvalue weighted by Gasteiger charge is -2.13. The number of rotatable bonds is 6. The van der Waals surface area contributed by atoms with E-state index in [0.29, 0.717) is 0 Å². The molecular weight excluding hydrogens is 254 g/mol. The standard InChI is InChI=1S/C16H21NO3/c1-4-5-11(2)16(20)17-14-8-6-13(10-12(14)3)7-9-15(18)19/h6-11H,4-5H2,1-3H3,(H,17,20)(H,18,19). The zero-order chi connectivity index (χ0) is 15.1. The summed E-state index contributed by atoms with van der Waals surface area (Å²) in [5.41, 5.74) is 2.48. The van der Waals surface area contributed by atoms with Crippen molar-refractivity contribution in [1.82, 2.24) is 0 Å². The summed E-state index contributed by atoms with van der Waals surface area (Å²) in [6.45, 7) is 5.86. The zero-order valence-corrected chi connectivity index (χ0v) is 12.1. The first-order chi connectivity index (χ1) is 9.43. The molecule has 1 rings (SSSR count). The average molecular weight is 275 g/mol. The third-order valence-electron chi connectivity index (χ3n) is 3.10. The summed E-state index contributed by atoms with van der Waals surface area (Å²) in [4.78, 5) is 22.4. The molecule has 1 atom stereocenters. The van der Waals surface area contributed by atoms with Crippen LogP contribution in [0.4, 0.5) is 5.69 Å². The number of anilines is 1. The Balaban J connectivity index is 2.78. The monoisotopic (exact) mass is 275 g/mol. The Labute approximate surface area is 119 Å². The van der Waals surface area contributed by atoms with Crippen LogP contribution in [0.3, 0.4) is 0 Å². The topological polar surface area (TPSA) is 66.4 Å². The number of carboxylic acid groups (broad SMARTS) is 1. The Kier molecular flexibility index (Phi) is 5.97. The summed E-state index contributed by atoms with van der Waals surface area (Å²) in [5.74, 6) is -0.969. The van der Waals surface area contributed by atoms with Gasteiger partial charge in [-0.2, -0.15) is 0 Å². The lowest BCUT2D eigenvalue weighted by molar-refractivity contribution is -0.131. The number of aliphatic carboxylic acids is 1. The molecule has 0 bridgehead atoms. The molecule has 0 aromatic heterocycles. The van der Waals surface area contributed by atoms with Crippen LogP contribution in [0.15, 0.2) is 24.3 Å². The molecule has 0 spiro atoms. The third-order valence-corrected chi connectivity index (χ3v) is 3.10. The number of nitrogens with one attached hydrogen (secondary N) is 1. The minimum absolute atomic E-state index is 0.00835. The van der Waals surface area contributed by atoms with Crippen molar-refractivity contribution in [2.45, 2.75) is 33.6 Å². The number of aryl methyl sites for hydroxylation is 1. The van der Waals surface area contributed by atoms with Gasteiger partial charge in [0.15, 0.2) is 0 Å². The summed E-state index contributed by atoms with van der Waals surface area (Å²) in [7, 11) is 0. The Morgan fingerprint density at radius 1 is 1.40 bits per heavy atom. The number of hydrogen-bond acceptors (Lipinski definition) is 2. The molecule has 0 saturated heterocycles. The van der Waals surface area contributed by atoms with Crippen LogP contribution < -0.4 is 5.32 Å². The van der Waals surface area contributed by atoms with Crippen molar-refractivity contribution >= 4 is 23.6 Å². The van der Waals surface area contributed by atoms with E-state index < -0.39 is 5.97 Å². The van der Waals surface area contributed by atoms with E-state index in [1.165, 1.54) is 6.08 Å². The van der Waals surface area contributed by atoms with E-state index >= 15 is 0 Å². The normalized spacial score (nSPS) is 12.3. The first-order valence-corrected chi connectivity index (χ1v) is 6.76. The Morgan fingerprint density at radius 3 is 2.65 bits per heavy atom. The van der Waals surface area contributed by atoms with Gasteiger partial charge in [0.25, 0.3) is 0 Å². The molecule has 0 aliphatic carbocycles. The van der Waals surface area contributed by atoms with E-state index in [0.717, 1.165) is 35.7 Å². The van der Waals surface area contributed by atoms with E-state index in [2.05, 4.69) is 12.2 Å². The average Bonchev–Trinajstić information content (AvgIpc) is 2.39. The second-order valence-corrected chi connectivity index (χ2v) is 4.92. The molecule has 0 saturated carbocycles. The molecule has 1 aromatic carbocycles. The van der Waals surface area contributed by atoms with Crippen molar-refractivity contribution in [1.29, 1.82) is 0 Å². The summed E-state index contributed by atoms with van der Waals surface area (Å²) >= 11 is 0. The highest BCUT2D eigenvalue weighted by molar-refractivity contribution is 5.93. The lowest BCUT2D eigenvalue weighted by atomic mass is 10.0.